The molecular formula is C25H23ClN2OS. The smallest absolute Gasteiger partial charge is 0.224 e. The number of thioether (sulfide) groups is 1. The van der Waals surface area contributed by atoms with E-state index in [1.165, 1.54) is 15.8 Å². The molecule has 0 saturated heterocycles. The minimum atomic E-state index is 0.0538. The number of aryl methyl sites for hydroxylation is 1. The van der Waals surface area contributed by atoms with Gasteiger partial charge < -0.3 is 10.3 Å². The van der Waals surface area contributed by atoms with Gasteiger partial charge in [0.1, 0.15) is 0 Å². The van der Waals surface area contributed by atoms with E-state index in [1.54, 1.807) is 11.8 Å². The maximum Gasteiger partial charge on any atom is 0.224 e. The highest BCUT2D eigenvalue weighted by Gasteiger charge is 2.13. The van der Waals surface area contributed by atoms with E-state index >= 15 is 0 Å². The van der Waals surface area contributed by atoms with Crippen molar-refractivity contribution in [1.82, 2.24) is 10.3 Å². The molecule has 0 unspecified atom stereocenters. The minimum Gasteiger partial charge on any atom is -0.355 e. The van der Waals surface area contributed by atoms with Gasteiger partial charge in [-0.3, -0.25) is 4.79 Å². The first-order valence-corrected chi connectivity index (χ1v) is 11.3. The van der Waals surface area contributed by atoms with Crippen LogP contribution >= 0.6 is 23.4 Å². The van der Waals surface area contributed by atoms with Crippen molar-refractivity contribution in [3.05, 3.63) is 88.9 Å². The Morgan fingerprint density at radius 1 is 1.03 bits per heavy atom. The van der Waals surface area contributed by atoms with Crippen LogP contribution in [0.4, 0.5) is 0 Å². The van der Waals surface area contributed by atoms with Crippen LogP contribution in [-0.4, -0.2) is 23.2 Å². The highest BCUT2D eigenvalue weighted by molar-refractivity contribution is 7.99. The molecule has 0 aliphatic rings. The van der Waals surface area contributed by atoms with E-state index in [0.717, 1.165) is 33.1 Å². The number of aromatic nitrogens is 1. The first kappa shape index (κ1) is 20.6. The fraction of sp³-hybridized carbons (Fsp3) is 0.160. The van der Waals surface area contributed by atoms with Gasteiger partial charge in [0.25, 0.3) is 0 Å². The number of hydrogen-bond acceptors (Lipinski definition) is 2. The molecule has 0 atom stereocenters. The molecule has 2 N–H and O–H groups in total. The normalized spacial score (nSPS) is 11.0. The molecule has 0 aliphatic heterocycles. The highest BCUT2D eigenvalue weighted by atomic mass is 35.5. The molecule has 4 aromatic rings. The predicted octanol–water partition coefficient (Wildman–Crippen LogP) is 6.25. The van der Waals surface area contributed by atoms with Crippen molar-refractivity contribution in [2.75, 3.05) is 12.3 Å². The SMILES string of the molecule is Cc1cccc(CC(=O)NCCSc2c(-c3ccc(Cl)cc3)[nH]c3ccccc23)c1. The number of rotatable bonds is 7. The van der Waals surface area contributed by atoms with Crippen LogP contribution in [0.5, 0.6) is 0 Å². The lowest BCUT2D eigenvalue weighted by Gasteiger charge is -2.08. The van der Waals surface area contributed by atoms with E-state index in [-0.39, 0.29) is 5.91 Å². The fourth-order valence-electron chi connectivity index (χ4n) is 3.50. The second-order valence-electron chi connectivity index (χ2n) is 7.25. The number of carbonyl (C=O) groups excluding carboxylic acids is 1. The first-order valence-electron chi connectivity index (χ1n) is 9.92. The quantitative estimate of drug-likeness (QED) is 0.267. The third kappa shape index (κ3) is 4.89. The zero-order chi connectivity index (χ0) is 20.9. The van der Waals surface area contributed by atoms with E-state index in [1.807, 2.05) is 55.5 Å². The zero-order valence-electron chi connectivity index (χ0n) is 16.7. The molecule has 152 valence electrons. The number of halogens is 1. The third-order valence-corrected chi connectivity index (χ3v) is 6.28. The van der Waals surface area contributed by atoms with Crippen molar-refractivity contribution in [2.24, 2.45) is 0 Å². The van der Waals surface area contributed by atoms with Crippen LogP contribution in [0.25, 0.3) is 22.2 Å². The van der Waals surface area contributed by atoms with Gasteiger partial charge in [-0.2, -0.15) is 0 Å². The molecule has 0 saturated carbocycles. The maximum atomic E-state index is 12.3. The van der Waals surface area contributed by atoms with Gasteiger partial charge in [-0.1, -0.05) is 71.8 Å². The van der Waals surface area contributed by atoms with Crippen molar-refractivity contribution in [3.63, 3.8) is 0 Å². The summed E-state index contributed by atoms with van der Waals surface area (Å²) in [6, 6.07) is 24.2. The Morgan fingerprint density at radius 3 is 2.63 bits per heavy atom. The van der Waals surface area contributed by atoms with Gasteiger partial charge in [-0.25, -0.2) is 0 Å². The molecule has 1 heterocycles. The van der Waals surface area contributed by atoms with Crippen molar-refractivity contribution in [3.8, 4) is 11.3 Å². The monoisotopic (exact) mass is 434 g/mol. The average Bonchev–Trinajstić information content (AvgIpc) is 3.10. The number of benzene rings is 3. The molecule has 0 radical (unpaired) electrons. The predicted molar refractivity (Wildman–Crippen MR) is 127 cm³/mol. The van der Waals surface area contributed by atoms with Crippen molar-refractivity contribution >= 4 is 40.2 Å². The summed E-state index contributed by atoms with van der Waals surface area (Å²) in [5.74, 6) is 0.847. The summed E-state index contributed by atoms with van der Waals surface area (Å²) in [6.07, 6.45) is 0.412. The van der Waals surface area contributed by atoms with Crippen LogP contribution in [0.3, 0.4) is 0 Å². The largest absolute Gasteiger partial charge is 0.355 e. The van der Waals surface area contributed by atoms with Gasteiger partial charge in [-0.05, 0) is 36.2 Å². The molecular weight excluding hydrogens is 412 g/mol. The number of H-pyrrole nitrogens is 1. The van der Waals surface area contributed by atoms with Gasteiger partial charge in [0.2, 0.25) is 5.91 Å². The number of nitrogens with one attached hydrogen (secondary N) is 2. The molecule has 0 bridgehead atoms. The molecule has 0 fully saturated rings. The van der Waals surface area contributed by atoms with E-state index in [9.17, 15) is 4.79 Å². The van der Waals surface area contributed by atoms with Gasteiger partial charge in [0.15, 0.2) is 0 Å². The second-order valence-corrected chi connectivity index (χ2v) is 8.79. The van der Waals surface area contributed by atoms with Crippen LogP contribution in [0.2, 0.25) is 5.02 Å². The van der Waals surface area contributed by atoms with Crippen molar-refractivity contribution in [2.45, 2.75) is 18.2 Å². The molecule has 1 aromatic heterocycles. The highest BCUT2D eigenvalue weighted by Crippen LogP contribution is 2.37. The van der Waals surface area contributed by atoms with Crippen LogP contribution in [0, 0.1) is 6.92 Å². The Morgan fingerprint density at radius 2 is 1.83 bits per heavy atom. The number of fused-ring (bicyclic) bond motifs is 1. The number of hydrogen-bond donors (Lipinski definition) is 2. The Balaban J connectivity index is 1.43. The summed E-state index contributed by atoms with van der Waals surface area (Å²) in [5, 5.41) is 4.96. The minimum absolute atomic E-state index is 0.0538. The number of carbonyl (C=O) groups is 1. The summed E-state index contributed by atoms with van der Waals surface area (Å²) < 4.78 is 0. The topological polar surface area (TPSA) is 44.9 Å². The van der Waals surface area contributed by atoms with Gasteiger partial charge in [0, 0.05) is 33.1 Å². The number of aromatic amines is 1. The Kier molecular flexibility index (Phi) is 6.46. The van der Waals surface area contributed by atoms with E-state index in [4.69, 9.17) is 11.6 Å². The van der Waals surface area contributed by atoms with Crippen molar-refractivity contribution < 1.29 is 4.79 Å². The van der Waals surface area contributed by atoms with Gasteiger partial charge >= 0.3 is 0 Å². The van der Waals surface area contributed by atoms with Gasteiger partial charge in [0.05, 0.1) is 12.1 Å². The molecule has 3 nitrogen and oxygen atoms in total. The maximum absolute atomic E-state index is 12.3. The lowest BCUT2D eigenvalue weighted by molar-refractivity contribution is -0.120. The molecule has 5 heteroatoms. The van der Waals surface area contributed by atoms with E-state index < -0.39 is 0 Å². The number of amides is 1. The molecule has 30 heavy (non-hydrogen) atoms. The molecule has 3 aromatic carbocycles. The van der Waals surface area contributed by atoms with E-state index in [0.29, 0.717) is 13.0 Å². The van der Waals surface area contributed by atoms with E-state index in [2.05, 4.69) is 34.6 Å². The average molecular weight is 435 g/mol. The lowest BCUT2D eigenvalue weighted by Crippen LogP contribution is -2.27. The molecule has 4 rings (SSSR count). The molecule has 0 spiro atoms. The molecule has 1 amide bonds. The number of para-hydroxylation sites is 1. The zero-order valence-corrected chi connectivity index (χ0v) is 18.3. The standard InChI is InChI=1S/C25H23ClN2OS/c1-17-5-4-6-18(15-17)16-23(29)27-13-14-30-25-21-7-2-3-8-22(21)28-24(25)19-9-11-20(26)12-10-19/h2-12,15,28H,13-14,16H2,1H3,(H,27,29). The van der Waals surface area contributed by atoms with Crippen LogP contribution in [0.15, 0.2) is 77.7 Å². The fourth-order valence-corrected chi connectivity index (χ4v) is 4.68. The molecule has 0 aliphatic carbocycles. The Bertz CT molecular complexity index is 1170. The van der Waals surface area contributed by atoms with Crippen LogP contribution < -0.4 is 5.32 Å². The van der Waals surface area contributed by atoms with Crippen LogP contribution in [0.1, 0.15) is 11.1 Å². The van der Waals surface area contributed by atoms with Gasteiger partial charge in [-0.15, -0.1) is 11.8 Å². The second kappa shape index (κ2) is 9.41. The summed E-state index contributed by atoms with van der Waals surface area (Å²) in [6.45, 7) is 2.66. The first-order chi connectivity index (χ1) is 14.6. The summed E-state index contributed by atoms with van der Waals surface area (Å²) in [5.41, 5.74) is 5.51. The Hall–Kier alpha value is -2.69. The Labute approximate surface area is 185 Å². The third-order valence-electron chi connectivity index (χ3n) is 4.91. The van der Waals surface area contributed by atoms with Crippen LogP contribution in [-0.2, 0) is 11.2 Å². The summed E-state index contributed by atoms with van der Waals surface area (Å²) in [7, 11) is 0. The lowest BCUT2D eigenvalue weighted by atomic mass is 10.1. The summed E-state index contributed by atoms with van der Waals surface area (Å²) in [4.78, 5) is 17.0. The summed E-state index contributed by atoms with van der Waals surface area (Å²) >= 11 is 7.81. The van der Waals surface area contributed by atoms with Crippen molar-refractivity contribution in [1.29, 1.82) is 0 Å².